The standard InChI is InChI=1S/C25H25N7O2/c26-20-8-4-7-18(12-20)23(33)30-25-29-21-13-19(24(34)31-10-2-1-3-11-31)15-28-22(21)32(25)16-17-6-5-9-27-14-17/h4-9,12-15H,1-3,10-11,16,26H2,(H,29,30,33). The van der Waals surface area contributed by atoms with Crippen LogP contribution in [0.1, 0.15) is 45.5 Å². The molecule has 0 spiro atoms. The number of benzene rings is 1. The Morgan fingerprint density at radius 1 is 1.00 bits per heavy atom. The molecule has 3 N–H and O–H groups in total. The Morgan fingerprint density at radius 2 is 1.85 bits per heavy atom. The lowest BCUT2D eigenvalue weighted by Crippen LogP contribution is -2.35. The number of nitrogens with one attached hydrogen (secondary N) is 1. The first-order valence-corrected chi connectivity index (χ1v) is 11.3. The maximum absolute atomic E-state index is 13.0. The number of hydrogen-bond donors (Lipinski definition) is 2. The first kappa shape index (κ1) is 21.6. The third-order valence-corrected chi connectivity index (χ3v) is 5.91. The Balaban J connectivity index is 1.51. The molecule has 4 aromatic rings. The van der Waals surface area contributed by atoms with Crippen molar-refractivity contribution in [2.45, 2.75) is 25.8 Å². The van der Waals surface area contributed by atoms with Crippen molar-refractivity contribution in [3.05, 3.63) is 77.7 Å². The van der Waals surface area contributed by atoms with Crippen LogP contribution < -0.4 is 11.1 Å². The summed E-state index contributed by atoms with van der Waals surface area (Å²) < 4.78 is 1.81. The van der Waals surface area contributed by atoms with Gasteiger partial charge in [0.25, 0.3) is 11.8 Å². The fourth-order valence-electron chi connectivity index (χ4n) is 4.18. The Labute approximate surface area is 196 Å². The maximum Gasteiger partial charge on any atom is 0.258 e. The molecular formula is C25H25N7O2. The number of anilines is 2. The van der Waals surface area contributed by atoms with E-state index in [1.165, 1.54) is 0 Å². The Morgan fingerprint density at radius 3 is 2.62 bits per heavy atom. The van der Waals surface area contributed by atoms with Gasteiger partial charge in [0.15, 0.2) is 5.65 Å². The van der Waals surface area contributed by atoms with Crippen LogP contribution in [-0.2, 0) is 6.54 Å². The van der Waals surface area contributed by atoms with E-state index in [2.05, 4.69) is 20.3 Å². The molecule has 3 aromatic heterocycles. The largest absolute Gasteiger partial charge is 0.399 e. The Bertz CT molecular complexity index is 1340. The molecule has 0 bridgehead atoms. The molecule has 1 saturated heterocycles. The van der Waals surface area contributed by atoms with E-state index in [9.17, 15) is 9.59 Å². The van der Waals surface area contributed by atoms with E-state index in [-0.39, 0.29) is 11.8 Å². The lowest BCUT2D eigenvalue weighted by molar-refractivity contribution is 0.0724. The van der Waals surface area contributed by atoms with Crippen LogP contribution in [0.2, 0.25) is 0 Å². The fourth-order valence-corrected chi connectivity index (χ4v) is 4.18. The highest BCUT2D eigenvalue weighted by Gasteiger charge is 2.21. The average Bonchev–Trinajstić information content (AvgIpc) is 3.20. The van der Waals surface area contributed by atoms with Crippen molar-refractivity contribution in [1.29, 1.82) is 0 Å². The van der Waals surface area contributed by atoms with Crippen LogP contribution >= 0.6 is 0 Å². The molecule has 1 aliphatic heterocycles. The predicted octanol–water partition coefficient (Wildman–Crippen LogP) is 3.34. The quantitative estimate of drug-likeness (QED) is 0.446. The number of amides is 2. The highest BCUT2D eigenvalue weighted by molar-refractivity contribution is 6.04. The van der Waals surface area contributed by atoms with Gasteiger partial charge in [0.1, 0.15) is 5.52 Å². The molecule has 0 radical (unpaired) electrons. The Kier molecular flexibility index (Phi) is 5.90. The van der Waals surface area contributed by atoms with Gasteiger partial charge in [-0.25, -0.2) is 9.97 Å². The van der Waals surface area contributed by atoms with Crippen LogP contribution in [0, 0.1) is 0 Å². The molecule has 2 amide bonds. The third kappa shape index (κ3) is 4.45. The summed E-state index contributed by atoms with van der Waals surface area (Å²) in [4.78, 5) is 41.1. The second-order valence-corrected chi connectivity index (χ2v) is 8.38. The van der Waals surface area contributed by atoms with Gasteiger partial charge in [-0.3, -0.25) is 24.5 Å². The maximum atomic E-state index is 13.0. The van der Waals surface area contributed by atoms with Gasteiger partial charge in [0.2, 0.25) is 5.95 Å². The molecule has 9 nitrogen and oxygen atoms in total. The first-order chi connectivity index (χ1) is 16.6. The van der Waals surface area contributed by atoms with Crippen LogP contribution in [0.25, 0.3) is 11.2 Å². The summed E-state index contributed by atoms with van der Waals surface area (Å²) in [7, 11) is 0. The van der Waals surface area contributed by atoms with E-state index < -0.39 is 0 Å². The van der Waals surface area contributed by atoms with Crippen LogP contribution in [0.15, 0.2) is 61.1 Å². The van der Waals surface area contributed by atoms with Crippen LogP contribution in [0.4, 0.5) is 11.6 Å². The zero-order valence-corrected chi connectivity index (χ0v) is 18.6. The van der Waals surface area contributed by atoms with E-state index >= 15 is 0 Å². The number of imidazole rings is 1. The summed E-state index contributed by atoms with van der Waals surface area (Å²) in [6, 6.07) is 12.3. The number of likely N-dealkylation sites (tertiary alicyclic amines) is 1. The lowest BCUT2D eigenvalue weighted by Gasteiger charge is -2.26. The molecule has 34 heavy (non-hydrogen) atoms. The van der Waals surface area contributed by atoms with Crippen molar-refractivity contribution in [3.8, 4) is 0 Å². The number of nitrogens with two attached hydrogens (primary N) is 1. The van der Waals surface area contributed by atoms with Gasteiger partial charge in [0, 0.05) is 42.9 Å². The van der Waals surface area contributed by atoms with Crippen molar-refractivity contribution in [1.82, 2.24) is 24.4 Å². The summed E-state index contributed by atoms with van der Waals surface area (Å²) in [6.45, 7) is 1.92. The molecule has 172 valence electrons. The molecule has 5 rings (SSSR count). The second-order valence-electron chi connectivity index (χ2n) is 8.38. The molecule has 0 unspecified atom stereocenters. The topological polar surface area (TPSA) is 119 Å². The van der Waals surface area contributed by atoms with E-state index in [1.54, 1.807) is 48.9 Å². The second kappa shape index (κ2) is 9.30. The monoisotopic (exact) mass is 455 g/mol. The van der Waals surface area contributed by atoms with Crippen molar-refractivity contribution >= 4 is 34.6 Å². The van der Waals surface area contributed by atoms with Crippen LogP contribution in [-0.4, -0.2) is 49.3 Å². The smallest absolute Gasteiger partial charge is 0.258 e. The van der Waals surface area contributed by atoms with Gasteiger partial charge >= 0.3 is 0 Å². The van der Waals surface area contributed by atoms with Crippen LogP contribution in [0.3, 0.4) is 0 Å². The van der Waals surface area contributed by atoms with Crippen molar-refractivity contribution < 1.29 is 9.59 Å². The number of hydrogen-bond acceptors (Lipinski definition) is 6. The number of nitrogen functional groups attached to an aromatic ring is 1. The van der Waals surface area contributed by atoms with Crippen LogP contribution in [0.5, 0.6) is 0 Å². The minimum Gasteiger partial charge on any atom is -0.399 e. The number of fused-ring (bicyclic) bond motifs is 1. The zero-order chi connectivity index (χ0) is 23.5. The average molecular weight is 456 g/mol. The number of nitrogens with zero attached hydrogens (tertiary/aromatic N) is 5. The zero-order valence-electron chi connectivity index (χ0n) is 18.6. The van der Waals surface area contributed by atoms with Crippen molar-refractivity contribution in [2.75, 3.05) is 24.1 Å². The number of pyridine rings is 2. The normalized spacial score (nSPS) is 13.7. The molecule has 0 atom stereocenters. The number of piperidine rings is 1. The molecule has 1 aliphatic rings. The summed E-state index contributed by atoms with van der Waals surface area (Å²) in [6.07, 6.45) is 8.22. The van der Waals surface area contributed by atoms with Gasteiger partial charge in [0.05, 0.1) is 12.1 Å². The minimum atomic E-state index is -0.334. The predicted molar refractivity (Wildman–Crippen MR) is 129 cm³/mol. The van der Waals surface area contributed by atoms with E-state index in [4.69, 9.17) is 5.73 Å². The lowest BCUT2D eigenvalue weighted by atomic mass is 10.1. The third-order valence-electron chi connectivity index (χ3n) is 5.91. The number of rotatable bonds is 5. The highest BCUT2D eigenvalue weighted by atomic mass is 16.2. The van der Waals surface area contributed by atoms with Crippen molar-refractivity contribution in [3.63, 3.8) is 0 Å². The molecule has 0 saturated carbocycles. The van der Waals surface area contributed by atoms with Gasteiger partial charge in [-0.1, -0.05) is 12.1 Å². The minimum absolute atomic E-state index is 0.0405. The van der Waals surface area contributed by atoms with E-state index in [0.717, 1.165) is 37.9 Å². The summed E-state index contributed by atoms with van der Waals surface area (Å²) in [5.41, 5.74) is 9.29. The SMILES string of the molecule is Nc1cccc(C(=O)Nc2nc3cc(C(=O)N4CCCCC4)cnc3n2Cc2cccnc2)c1. The van der Waals surface area contributed by atoms with E-state index in [1.807, 2.05) is 21.6 Å². The van der Waals surface area contributed by atoms with Gasteiger partial charge in [-0.05, 0) is 55.2 Å². The van der Waals surface area contributed by atoms with Crippen molar-refractivity contribution in [2.24, 2.45) is 0 Å². The molecular weight excluding hydrogens is 430 g/mol. The van der Waals surface area contributed by atoms with Gasteiger partial charge in [-0.2, -0.15) is 0 Å². The molecule has 4 heterocycles. The molecule has 0 aliphatic carbocycles. The highest BCUT2D eigenvalue weighted by Crippen LogP contribution is 2.23. The summed E-state index contributed by atoms with van der Waals surface area (Å²) in [5, 5.41) is 2.88. The fraction of sp³-hybridized carbons (Fsp3) is 0.240. The molecule has 9 heteroatoms. The molecule has 1 fully saturated rings. The number of carbonyl (C=O) groups is 2. The number of carbonyl (C=O) groups excluding carboxylic acids is 2. The summed E-state index contributed by atoms with van der Waals surface area (Å²) in [5.74, 6) is -0.0396. The van der Waals surface area contributed by atoms with E-state index in [0.29, 0.717) is 40.5 Å². The van der Waals surface area contributed by atoms with Gasteiger partial charge in [-0.15, -0.1) is 0 Å². The number of aromatic nitrogens is 4. The molecule has 1 aromatic carbocycles. The Hall–Kier alpha value is -4.27. The first-order valence-electron chi connectivity index (χ1n) is 11.3. The van der Waals surface area contributed by atoms with Gasteiger partial charge < -0.3 is 10.6 Å². The summed E-state index contributed by atoms with van der Waals surface area (Å²) >= 11 is 0.